The molecule has 0 radical (unpaired) electrons. The Kier molecular flexibility index (Phi) is 5.83. The lowest BCUT2D eigenvalue weighted by atomic mass is 9.91. The number of hydrogen-bond donors (Lipinski definition) is 0. The van der Waals surface area contributed by atoms with Crippen LogP contribution < -0.4 is 4.74 Å². The molecule has 5 heteroatoms. The first kappa shape index (κ1) is 17.6. The summed E-state index contributed by atoms with van der Waals surface area (Å²) < 4.78 is 10.5. The normalized spacial score (nSPS) is 20.4. The van der Waals surface area contributed by atoms with Gasteiger partial charge in [0.25, 0.3) is 0 Å². The first-order chi connectivity index (χ1) is 12.3. The Morgan fingerprint density at radius 1 is 1.00 bits per heavy atom. The van der Waals surface area contributed by atoms with Gasteiger partial charge in [0.1, 0.15) is 5.75 Å². The highest BCUT2D eigenvalue weighted by Crippen LogP contribution is 2.40. The smallest absolute Gasteiger partial charge is 0.166 e. The number of hydrogen-bond acceptors (Lipinski definition) is 5. The molecule has 4 rings (SSSR count). The maximum Gasteiger partial charge on any atom is 0.166 e. The van der Waals surface area contributed by atoms with Gasteiger partial charge in [0.2, 0.25) is 0 Å². The number of ether oxygens (including phenoxy) is 1. The van der Waals surface area contributed by atoms with E-state index in [1.807, 2.05) is 29.4 Å². The zero-order valence-corrected chi connectivity index (χ0v) is 16.7. The van der Waals surface area contributed by atoms with Crippen LogP contribution in [0, 0.1) is 0 Å². The molecule has 1 aromatic carbocycles. The maximum atomic E-state index is 5.36. The van der Waals surface area contributed by atoms with Gasteiger partial charge in [0.15, 0.2) is 4.34 Å². The van der Waals surface area contributed by atoms with E-state index in [1.54, 1.807) is 7.11 Å². The molecule has 0 unspecified atom stereocenters. The first-order valence-electron chi connectivity index (χ1n) is 9.74. The summed E-state index contributed by atoms with van der Waals surface area (Å²) in [5, 5.41) is 0. The van der Waals surface area contributed by atoms with Gasteiger partial charge >= 0.3 is 0 Å². The topological polar surface area (TPSA) is 25.4 Å². The number of methoxy groups -OCH3 is 1. The van der Waals surface area contributed by atoms with Gasteiger partial charge in [0, 0.05) is 12.1 Å². The van der Waals surface area contributed by atoms with Crippen molar-refractivity contribution in [3.8, 4) is 5.75 Å². The van der Waals surface area contributed by atoms with Gasteiger partial charge < -0.3 is 4.74 Å². The van der Waals surface area contributed by atoms with E-state index in [2.05, 4.69) is 16.4 Å². The summed E-state index contributed by atoms with van der Waals surface area (Å²) in [4.78, 5) is 4.90. The highest BCUT2D eigenvalue weighted by molar-refractivity contribution is 7.99. The molecule has 0 bridgehead atoms. The van der Waals surface area contributed by atoms with Gasteiger partial charge in [-0.1, -0.05) is 38.5 Å². The van der Waals surface area contributed by atoms with Crippen molar-refractivity contribution >= 4 is 33.5 Å². The predicted molar refractivity (Wildman–Crippen MR) is 108 cm³/mol. The van der Waals surface area contributed by atoms with Gasteiger partial charge in [-0.2, -0.15) is 0 Å². The predicted octanol–water partition coefficient (Wildman–Crippen LogP) is 6.28. The van der Waals surface area contributed by atoms with Gasteiger partial charge in [0.05, 0.1) is 17.3 Å². The van der Waals surface area contributed by atoms with E-state index in [9.17, 15) is 0 Å². The number of fused-ring (bicyclic) bond motifs is 1. The Balaban J connectivity index is 1.56. The van der Waals surface area contributed by atoms with Crippen LogP contribution in [-0.2, 0) is 0 Å². The van der Waals surface area contributed by atoms with Crippen molar-refractivity contribution in [2.24, 2.45) is 0 Å². The van der Waals surface area contributed by atoms with Crippen molar-refractivity contribution < 1.29 is 4.74 Å². The molecule has 3 nitrogen and oxygen atoms in total. The number of rotatable bonds is 5. The fraction of sp³-hybridized carbons (Fsp3) is 0.650. The minimum Gasteiger partial charge on any atom is -0.497 e. The molecular weight excluding hydrogens is 348 g/mol. The third kappa shape index (κ3) is 4.15. The quantitative estimate of drug-likeness (QED) is 0.573. The molecule has 0 atom stereocenters. The molecule has 2 aliphatic rings. The molecule has 2 fully saturated rings. The number of thiazole rings is 1. The molecule has 0 aliphatic heterocycles. The number of aromatic nitrogens is 1. The van der Waals surface area contributed by atoms with Gasteiger partial charge in [-0.05, 0) is 55.8 Å². The Labute approximate surface area is 159 Å². The molecule has 25 heavy (non-hydrogen) atoms. The lowest BCUT2D eigenvalue weighted by molar-refractivity contribution is 0.185. The van der Waals surface area contributed by atoms with E-state index in [0.717, 1.165) is 23.3 Å². The Morgan fingerprint density at radius 2 is 1.64 bits per heavy atom. The third-order valence-corrected chi connectivity index (χ3v) is 7.97. The molecule has 1 heterocycles. The minimum absolute atomic E-state index is 0.739. The summed E-state index contributed by atoms with van der Waals surface area (Å²) >= 11 is 3.75. The van der Waals surface area contributed by atoms with E-state index in [1.165, 1.54) is 73.2 Å². The van der Waals surface area contributed by atoms with E-state index in [4.69, 9.17) is 9.72 Å². The first-order valence-corrected chi connectivity index (χ1v) is 11.3. The second-order valence-electron chi connectivity index (χ2n) is 7.35. The molecule has 0 N–H and O–H groups in total. The van der Waals surface area contributed by atoms with Gasteiger partial charge in [-0.3, -0.25) is 0 Å². The van der Waals surface area contributed by atoms with Crippen molar-refractivity contribution in [2.45, 2.75) is 80.6 Å². The van der Waals surface area contributed by atoms with Crippen LogP contribution in [0.4, 0.5) is 0 Å². The lowest BCUT2D eigenvalue weighted by Gasteiger charge is -2.40. The molecule has 0 amide bonds. The zero-order valence-electron chi connectivity index (χ0n) is 15.1. The standard InChI is InChI=1S/C20H28N2OS2/c1-23-17-12-13-18-19(14-17)24-20(21-18)25-22(15-8-4-2-5-9-15)16-10-6-3-7-11-16/h12-16H,2-11H2,1H3. The van der Waals surface area contributed by atoms with Crippen LogP contribution in [0.1, 0.15) is 64.2 Å². The molecule has 136 valence electrons. The van der Waals surface area contributed by atoms with Crippen LogP contribution in [0.25, 0.3) is 10.2 Å². The number of benzene rings is 1. The van der Waals surface area contributed by atoms with E-state index in [-0.39, 0.29) is 0 Å². The molecular formula is C20H28N2OS2. The summed E-state index contributed by atoms with van der Waals surface area (Å²) in [7, 11) is 1.73. The van der Waals surface area contributed by atoms with Crippen LogP contribution in [0.3, 0.4) is 0 Å². The highest BCUT2D eigenvalue weighted by Gasteiger charge is 2.30. The van der Waals surface area contributed by atoms with Crippen molar-refractivity contribution in [1.29, 1.82) is 0 Å². The second kappa shape index (κ2) is 8.28. The Morgan fingerprint density at radius 3 is 2.24 bits per heavy atom. The minimum atomic E-state index is 0.739. The van der Waals surface area contributed by atoms with Crippen molar-refractivity contribution in [3.63, 3.8) is 0 Å². The molecule has 2 aliphatic carbocycles. The van der Waals surface area contributed by atoms with E-state index < -0.39 is 0 Å². The second-order valence-corrected chi connectivity index (χ2v) is 9.63. The summed E-state index contributed by atoms with van der Waals surface area (Å²) in [5.74, 6) is 0.920. The van der Waals surface area contributed by atoms with E-state index in [0.29, 0.717) is 0 Å². The van der Waals surface area contributed by atoms with Crippen molar-refractivity contribution in [3.05, 3.63) is 18.2 Å². The van der Waals surface area contributed by atoms with Gasteiger partial charge in [-0.15, -0.1) is 11.3 Å². The van der Waals surface area contributed by atoms with Crippen LogP contribution in [0.5, 0.6) is 5.75 Å². The summed E-state index contributed by atoms with van der Waals surface area (Å²) in [5.41, 5.74) is 1.10. The molecule has 0 saturated heterocycles. The summed E-state index contributed by atoms with van der Waals surface area (Å²) in [6.07, 6.45) is 13.9. The van der Waals surface area contributed by atoms with Crippen LogP contribution in [0.2, 0.25) is 0 Å². The average Bonchev–Trinajstić information content (AvgIpc) is 3.09. The highest BCUT2D eigenvalue weighted by atomic mass is 32.2. The van der Waals surface area contributed by atoms with Crippen LogP contribution in [-0.4, -0.2) is 28.5 Å². The Hall–Kier alpha value is -0.780. The van der Waals surface area contributed by atoms with Gasteiger partial charge in [-0.25, -0.2) is 9.29 Å². The fourth-order valence-electron chi connectivity index (χ4n) is 4.26. The summed E-state index contributed by atoms with van der Waals surface area (Å²) in [6, 6.07) is 7.69. The monoisotopic (exact) mass is 376 g/mol. The molecule has 2 aromatic rings. The lowest BCUT2D eigenvalue weighted by Crippen LogP contribution is -2.40. The van der Waals surface area contributed by atoms with Crippen molar-refractivity contribution in [2.75, 3.05) is 7.11 Å². The zero-order chi connectivity index (χ0) is 17.1. The largest absolute Gasteiger partial charge is 0.497 e. The van der Waals surface area contributed by atoms with Crippen LogP contribution >= 0.6 is 23.3 Å². The molecule has 0 spiro atoms. The molecule has 2 saturated carbocycles. The Bertz CT molecular complexity index is 672. The number of nitrogens with zero attached hydrogens (tertiary/aromatic N) is 2. The summed E-state index contributed by atoms with van der Waals surface area (Å²) in [6.45, 7) is 0. The average molecular weight is 377 g/mol. The SMILES string of the molecule is COc1ccc2nc(SN(C3CCCCC3)C3CCCCC3)sc2c1. The van der Waals surface area contributed by atoms with Crippen LogP contribution in [0.15, 0.2) is 22.5 Å². The third-order valence-electron chi connectivity index (χ3n) is 5.63. The van der Waals surface area contributed by atoms with Crippen molar-refractivity contribution in [1.82, 2.24) is 9.29 Å². The molecule has 1 aromatic heterocycles. The van der Waals surface area contributed by atoms with E-state index >= 15 is 0 Å². The maximum absolute atomic E-state index is 5.36. The fourth-order valence-corrected chi connectivity index (χ4v) is 6.70.